The van der Waals surface area contributed by atoms with Crippen LogP contribution >= 0.6 is 0 Å². The lowest BCUT2D eigenvalue weighted by molar-refractivity contribution is -0.384. The van der Waals surface area contributed by atoms with Crippen LogP contribution in [0.15, 0.2) is 24.3 Å². The molecule has 1 aliphatic carbocycles. The van der Waals surface area contributed by atoms with Crippen LogP contribution in [0, 0.1) is 15.5 Å². The van der Waals surface area contributed by atoms with Crippen molar-refractivity contribution in [2.75, 3.05) is 0 Å². The number of nitro benzene ring substituents is 1. The summed E-state index contributed by atoms with van der Waals surface area (Å²) in [4.78, 5) is 10.1. The molecule has 2 N–H and O–H groups in total. The molecule has 2 rings (SSSR count). The average Bonchev–Trinajstić information content (AvgIpc) is 2.66. The van der Waals surface area contributed by atoms with Gasteiger partial charge in [0.25, 0.3) is 5.69 Å². The summed E-state index contributed by atoms with van der Waals surface area (Å²) in [5.74, 6) is 0.332. The van der Waals surface area contributed by atoms with Gasteiger partial charge >= 0.3 is 0 Å². The van der Waals surface area contributed by atoms with Crippen LogP contribution in [0.2, 0.25) is 0 Å². The monoisotopic (exact) mass is 206 g/mol. The molecule has 0 radical (unpaired) electrons. The number of non-ortho nitro benzene ring substituents is 1. The largest absolute Gasteiger partial charge is 0.327 e. The molecule has 2 atom stereocenters. The maximum atomic E-state index is 10.5. The number of nitro groups is 1. The zero-order valence-electron chi connectivity index (χ0n) is 8.81. The van der Waals surface area contributed by atoms with E-state index in [1.54, 1.807) is 12.1 Å². The number of nitrogens with two attached hydrogens (primary N) is 1. The van der Waals surface area contributed by atoms with E-state index in [0.29, 0.717) is 5.92 Å². The number of rotatable bonds is 2. The third-order valence-electron chi connectivity index (χ3n) is 3.37. The molecule has 1 saturated carbocycles. The van der Waals surface area contributed by atoms with Crippen molar-refractivity contribution >= 4 is 5.69 Å². The van der Waals surface area contributed by atoms with Crippen LogP contribution in [0.1, 0.15) is 25.3 Å². The zero-order valence-corrected chi connectivity index (χ0v) is 8.81. The molecule has 0 aromatic heterocycles. The summed E-state index contributed by atoms with van der Waals surface area (Å²) in [6.45, 7) is 4.23. The van der Waals surface area contributed by atoms with Crippen molar-refractivity contribution in [3.8, 4) is 0 Å². The normalized spacial score (nSPS) is 27.4. The predicted molar refractivity (Wildman–Crippen MR) is 57.6 cm³/mol. The van der Waals surface area contributed by atoms with E-state index in [4.69, 9.17) is 5.73 Å². The van der Waals surface area contributed by atoms with Crippen LogP contribution in [0.3, 0.4) is 0 Å². The summed E-state index contributed by atoms with van der Waals surface area (Å²) >= 11 is 0. The summed E-state index contributed by atoms with van der Waals surface area (Å²) in [5, 5.41) is 10.5. The molecule has 1 aliphatic rings. The molecule has 80 valence electrons. The molecule has 0 aliphatic heterocycles. The second-order valence-electron chi connectivity index (χ2n) is 4.67. The van der Waals surface area contributed by atoms with Crippen LogP contribution in [-0.4, -0.2) is 11.0 Å². The van der Waals surface area contributed by atoms with Crippen molar-refractivity contribution in [3.63, 3.8) is 0 Å². The number of benzene rings is 1. The molecule has 1 fully saturated rings. The highest BCUT2D eigenvalue weighted by molar-refractivity contribution is 5.40. The summed E-state index contributed by atoms with van der Waals surface area (Å²) in [6.07, 6.45) is 0. The minimum Gasteiger partial charge on any atom is -0.327 e. The maximum absolute atomic E-state index is 10.5. The van der Waals surface area contributed by atoms with Crippen LogP contribution in [0.5, 0.6) is 0 Å². The Morgan fingerprint density at radius 1 is 1.33 bits per heavy atom. The van der Waals surface area contributed by atoms with Gasteiger partial charge in [0, 0.05) is 24.1 Å². The molecule has 0 bridgehead atoms. The minimum atomic E-state index is -0.387. The van der Waals surface area contributed by atoms with Gasteiger partial charge in [-0.05, 0) is 11.0 Å². The number of hydrogen-bond acceptors (Lipinski definition) is 3. The van der Waals surface area contributed by atoms with Gasteiger partial charge in [-0.3, -0.25) is 10.1 Å². The van der Waals surface area contributed by atoms with E-state index in [1.807, 2.05) is 0 Å². The van der Waals surface area contributed by atoms with Crippen LogP contribution in [0.4, 0.5) is 5.69 Å². The van der Waals surface area contributed by atoms with Crippen molar-refractivity contribution in [2.24, 2.45) is 11.1 Å². The molecule has 1 aromatic carbocycles. The van der Waals surface area contributed by atoms with E-state index in [1.165, 1.54) is 12.1 Å². The van der Waals surface area contributed by atoms with Crippen molar-refractivity contribution in [1.29, 1.82) is 0 Å². The fraction of sp³-hybridized carbons (Fsp3) is 0.455. The van der Waals surface area contributed by atoms with E-state index in [-0.39, 0.29) is 22.1 Å². The van der Waals surface area contributed by atoms with Crippen LogP contribution < -0.4 is 5.73 Å². The quantitative estimate of drug-likeness (QED) is 0.594. The first-order chi connectivity index (χ1) is 6.94. The SMILES string of the molecule is CC1(C)C(N)C1c1ccc([N+](=O)[O-])cc1. The van der Waals surface area contributed by atoms with E-state index >= 15 is 0 Å². The molecule has 0 saturated heterocycles. The molecule has 0 heterocycles. The second-order valence-corrected chi connectivity index (χ2v) is 4.67. The van der Waals surface area contributed by atoms with Crippen molar-refractivity contribution < 1.29 is 4.92 Å². The number of nitrogens with zero attached hydrogens (tertiary/aromatic N) is 1. The first-order valence-electron chi connectivity index (χ1n) is 4.94. The van der Waals surface area contributed by atoms with E-state index in [0.717, 1.165) is 5.56 Å². The third kappa shape index (κ3) is 1.51. The van der Waals surface area contributed by atoms with E-state index < -0.39 is 0 Å². The van der Waals surface area contributed by atoms with Gasteiger partial charge in [-0.15, -0.1) is 0 Å². The fourth-order valence-electron chi connectivity index (χ4n) is 2.12. The number of hydrogen-bond donors (Lipinski definition) is 1. The van der Waals surface area contributed by atoms with Gasteiger partial charge in [0.1, 0.15) is 0 Å². The lowest BCUT2D eigenvalue weighted by Crippen LogP contribution is -2.06. The smallest absolute Gasteiger partial charge is 0.269 e. The Labute approximate surface area is 88.2 Å². The van der Waals surface area contributed by atoms with E-state index in [2.05, 4.69) is 13.8 Å². The first-order valence-corrected chi connectivity index (χ1v) is 4.94. The Kier molecular flexibility index (Phi) is 2.04. The molecule has 4 heteroatoms. The summed E-state index contributed by atoms with van der Waals surface area (Å²) in [7, 11) is 0. The zero-order chi connectivity index (χ0) is 11.2. The molecular weight excluding hydrogens is 192 g/mol. The predicted octanol–water partition coefficient (Wildman–Crippen LogP) is 2.05. The Morgan fingerprint density at radius 3 is 2.13 bits per heavy atom. The Balaban J connectivity index is 2.23. The molecule has 0 amide bonds. The molecule has 2 unspecified atom stereocenters. The molecule has 0 spiro atoms. The third-order valence-corrected chi connectivity index (χ3v) is 3.37. The topological polar surface area (TPSA) is 69.2 Å². The summed E-state index contributed by atoms with van der Waals surface area (Å²) < 4.78 is 0. The Hall–Kier alpha value is -1.42. The molecular formula is C11H14N2O2. The van der Waals surface area contributed by atoms with Crippen molar-refractivity contribution in [2.45, 2.75) is 25.8 Å². The van der Waals surface area contributed by atoms with Gasteiger partial charge in [0.2, 0.25) is 0 Å². The average molecular weight is 206 g/mol. The van der Waals surface area contributed by atoms with Crippen LogP contribution in [0.25, 0.3) is 0 Å². The van der Waals surface area contributed by atoms with Gasteiger partial charge in [-0.2, -0.15) is 0 Å². The van der Waals surface area contributed by atoms with Gasteiger partial charge < -0.3 is 5.73 Å². The van der Waals surface area contributed by atoms with Crippen molar-refractivity contribution in [1.82, 2.24) is 0 Å². The lowest BCUT2D eigenvalue weighted by atomic mass is 10.0. The highest BCUT2D eigenvalue weighted by Crippen LogP contribution is 2.57. The van der Waals surface area contributed by atoms with Gasteiger partial charge in [0.15, 0.2) is 0 Å². The minimum absolute atomic E-state index is 0.121. The van der Waals surface area contributed by atoms with Crippen molar-refractivity contribution in [3.05, 3.63) is 39.9 Å². The second kappa shape index (κ2) is 3.03. The molecule has 1 aromatic rings. The maximum Gasteiger partial charge on any atom is 0.269 e. The highest BCUT2D eigenvalue weighted by Gasteiger charge is 2.56. The van der Waals surface area contributed by atoms with Gasteiger partial charge in [0.05, 0.1) is 4.92 Å². The standard InChI is InChI=1S/C11H14N2O2/c1-11(2)9(10(11)12)7-3-5-8(6-4-7)13(14)15/h3-6,9-10H,12H2,1-2H3. The first kappa shape index (κ1) is 10.1. The van der Waals surface area contributed by atoms with E-state index in [9.17, 15) is 10.1 Å². The lowest BCUT2D eigenvalue weighted by Gasteiger charge is -2.01. The Bertz CT molecular complexity index is 398. The van der Waals surface area contributed by atoms with Gasteiger partial charge in [-0.1, -0.05) is 26.0 Å². The van der Waals surface area contributed by atoms with Gasteiger partial charge in [-0.25, -0.2) is 0 Å². The molecule has 4 nitrogen and oxygen atoms in total. The summed E-state index contributed by atoms with van der Waals surface area (Å²) in [6, 6.07) is 6.85. The Morgan fingerprint density at radius 2 is 1.80 bits per heavy atom. The van der Waals surface area contributed by atoms with Crippen LogP contribution in [-0.2, 0) is 0 Å². The highest BCUT2D eigenvalue weighted by atomic mass is 16.6. The summed E-state index contributed by atoms with van der Waals surface area (Å²) in [5.41, 5.74) is 7.29. The molecule has 15 heavy (non-hydrogen) atoms. The fourth-order valence-corrected chi connectivity index (χ4v) is 2.12.